The molecule has 1 aliphatic heterocycles. The van der Waals surface area contributed by atoms with Crippen molar-refractivity contribution >= 4 is 23.6 Å². The molecule has 0 spiro atoms. The summed E-state index contributed by atoms with van der Waals surface area (Å²) in [6, 6.07) is 8.03. The molecule has 162 valence electrons. The molecule has 0 radical (unpaired) electrons. The van der Waals surface area contributed by atoms with Crippen LogP contribution in [-0.2, 0) is 9.47 Å². The van der Waals surface area contributed by atoms with E-state index in [0.29, 0.717) is 18.6 Å². The van der Waals surface area contributed by atoms with Crippen molar-refractivity contribution in [2.45, 2.75) is 27.2 Å². The van der Waals surface area contributed by atoms with Crippen molar-refractivity contribution in [3.05, 3.63) is 69.3 Å². The van der Waals surface area contributed by atoms with Crippen molar-refractivity contribution in [1.82, 2.24) is 4.90 Å². The third-order valence-corrected chi connectivity index (χ3v) is 5.23. The molecule has 0 unspecified atom stereocenters. The standard InChI is InChI=1S/C24H25NO6/c1-14-10-15(2)21(16(3)11-14)20(26)13-31-24(29)17-6-7-18-19(12-17)23(28)25(22(18)27)8-5-9-30-4/h6-7,10-12H,5,8-9,13H2,1-4H3. The molecule has 31 heavy (non-hydrogen) atoms. The van der Waals surface area contributed by atoms with Crippen LogP contribution < -0.4 is 0 Å². The zero-order valence-electron chi connectivity index (χ0n) is 18.1. The summed E-state index contributed by atoms with van der Waals surface area (Å²) >= 11 is 0. The quantitative estimate of drug-likeness (QED) is 0.280. The topological polar surface area (TPSA) is 90.0 Å². The van der Waals surface area contributed by atoms with Crippen molar-refractivity contribution in [3.63, 3.8) is 0 Å². The number of hydrogen-bond donors (Lipinski definition) is 0. The predicted octanol–water partition coefficient (Wildman–Crippen LogP) is 3.28. The maximum atomic E-state index is 12.6. The van der Waals surface area contributed by atoms with Crippen LogP contribution in [0.25, 0.3) is 0 Å². The lowest BCUT2D eigenvalue weighted by atomic mass is 9.97. The fourth-order valence-electron chi connectivity index (χ4n) is 3.89. The maximum absolute atomic E-state index is 12.6. The Kier molecular flexibility index (Phi) is 6.65. The minimum absolute atomic E-state index is 0.115. The number of esters is 1. The summed E-state index contributed by atoms with van der Waals surface area (Å²) in [7, 11) is 1.55. The third-order valence-electron chi connectivity index (χ3n) is 5.23. The highest BCUT2D eigenvalue weighted by molar-refractivity contribution is 6.22. The Labute approximate surface area is 180 Å². The van der Waals surface area contributed by atoms with E-state index in [1.165, 1.54) is 18.2 Å². The van der Waals surface area contributed by atoms with Gasteiger partial charge in [0.25, 0.3) is 11.8 Å². The van der Waals surface area contributed by atoms with Gasteiger partial charge in [-0.05, 0) is 56.5 Å². The van der Waals surface area contributed by atoms with Crippen molar-refractivity contribution in [1.29, 1.82) is 0 Å². The van der Waals surface area contributed by atoms with Crippen LogP contribution >= 0.6 is 0 Å². The molecule has 0 aromatic heterocycles. The van der Waals surface area contributed by atoms with Gasteiger partial charge in [-0.1, -0.05) is 17.7 Å². The van der Waals surface area contributed by atoms with E-state index in [-0.39, 0.29) is 29.0 Å². The number of carbonyl (C=O) groups is 4. The number of nitrogens with zero attached hydrogens (tertiary/aromatic N) is 1. The lowest BCUT2D eigenvalue weighted by Crippen LogP contribution is -2.31. The number of carbonyl (C=O) groups excluding carboxylic acids is 4. The molecule has 3 rings (SSSR count). The van der Waals surface area contributed by atoms with E-state index in [0.717, 1.165) is 21.6 Å². The molecule has 7 nitrogen and oxygen atoms in total. The number of imide groups is 1. The van der Waals surface area contributed by atoms with Gasteiger partial charge in [0, 0.05) is 25.8 Å². The Bertz CT molecular complexity index is 1050. The summed E-state index contributed by atoms with van der Waals surface area (Å²) in [5, 5.41) is 0. The first kappa shape index (κ1) is 22.4. The van der Waals surface area contributed by atoms with Gasteiger partial charge in [0.05, 0.1) is 16.7 Å². The SMILES string of the molecule is COCCCN1C(=O)c2ccc(C(=O)OCC(=O)c3c(C)cc(C)cc3C)cc2C1=O. The van der Waals surface area contributed by atoms with Gasteiger partial charge in [-0.15, -0.1) is 0 Å². The smallest absolute Gasteiger partial charge is 0.338 e. The van der Waals surface area contributed by atoms with Crippen LogP contribution in [0, 0.1) is 20.8 Å². The predicted molar refractivity (Wildman–Crippen MR) is 114 cm³/mol. The van der Waals surface area contributed by atoms with Crippen LogP contribution in [0.5, 0.6) is 0 Å². The first-order chi connectivity index (χ1) is 14.7. The molecular formula is C24H25NO6. The first-order valence-corrected chi connectivity index (χ1v) is 10.0. The molecule has 0 bridgehead atoms. The summed E-state index contributed by atoms with van der Waals surface area (Å²) in [5.74, 6) is -1.86. The highest BCUT2D eigenvalue weighted by Crippen LogP contribution is 2.25. The molecule has 0 saturated carbocycles. The molecule has 0 fully saturated rings. The van der Waals surface area contributed by atoms with Crippen LogP contribution in [0.3, 0.4) is 0 Å². The molecule has 0 saturated heterocycles. The van der Waals surface area contributed by atoms with Crippen LogP contribution in [0.1, 0.15) is 64.5 Å². The first-order valence-electron chi connectivity index (χ1n) is 10.0. The summed E-state index contributed by atoms with van der Waals surface area (Å²) in [5.41, 5.74) is 3.78. The molecule has 2 aromatic rings. The molecule has 0 aliphatic carbocycles. The monoisotopic (exact) mass is 423 g/mol. The third kappa shape index (κ3) is 4.56. The van der Waals surface area contributed by atoms with Gasteiger partial charge in [0.1, 0.15) is 0 Å². The van der Waals surface area contributed by atoms with Gasteiger partial charge in [-0.2, -0.15) is 0 Å². The number of ether oxygens (including phenoxy) is 2. The fraction of sp³-hybridized carbons (Fsp3) is 0.333. The minimum Gasteiger partial charge on any atom is -0.454 e. The lowest BCUT2D eigenvalue weighted by molar-refractivity contribution is 0.0474. The van der Waals surface area contributed by atoms with Crippen LogP contribution in [0.4, 0.5) is 0 Å². The minimum atomic E-state index is -0.725. The molecule has 1 heterocycles. The second-order valence-corrected chi connectivity index (χ2v) is 7.64. The fourth-order valence-corrected chi connectivity index (χ4v) is 3.89. The van der Waals surface area contributed by atoms with Gasteiger partial charge in [0.15, 0.2) is 6.61 Å². The number of methoxy groups -OCH3 is 1. The number of benzene rings is 2. The molecule has 1 aliphatic rings. The molecule has 0 atom stereocenters. The van der Waals surface area contributed by atoms with Crippen LogP contribution in [0.2, 0.25) is 0 Å². The number of ketones is 1. The average Bonchev–Trinajstić information content (AvgIpc) is 2.95. The Hall–Kier alpha value is -3.32. The molecular weight excluding hydrogens is 398 g/mol. The lowest BCUT2D eigenvalue weighted by Gasteiger charge is -2.12. The Balaban J connectivity index is 1.70. The summed E-state index contributed by atoms with van der Waals surface area (Å²) < 4.78 is 10.2. The largest absolute Gasteiger partial charge is 0.454 e. The van der Waals surface area contributed by atoms with Crippen molar-refractivity contribution < 1.29 is 28.7 Å². The number of rotatable bonds is 8. The van der Waals surface area contributed by atoms with Gasteiger partial charge < -0.3 is 9.47 Å². The summed E-state index contributed by atoms with van der Waals surface area (Å²) in [6.07, 6.45) is 0.525. The van der Waals surface area contributed by atoms with Crippen molar-refractivity contribution in [2.24, 2.45) is 0 Å². The van der Waals surface area contributed by atoms with E-state index >= 15 is 0 Å². The number of amides is 2. The zero-order valence-corrected chi connectivity index (χ0v) is 18.1. The van der Waals surface area contributed by atoms with E-state index in [9.17, 15) is 19.2 Å². The Morgan fingerprint density at radius 1 is 0.935 bits per heavy atom. The van der Waals surface area contributed by atoms with Gasteiger partial charge >= 0.3 is 5.97 Å². The van der Waals surface area contributed by atoms with Gasteiger partial charge in [0.2, 0.25) is 5.78 Å². The van der Waals surface area contributed by atoms with Crippen molar-refractivity contribution in [2.75, 3.05) is 26.9 Å². The van der Waals surface area contributed by atoms with E-state index in [1.54, 1.807) is 7.11 Å². The van der Waals surface area contributed by atoms with E-state index < -0.39 is 24.4 Å². The second-order valence-electron chi connectivity index (χ2n) is 7.64. The molecule has 7 heteroatoms. The average molecular weight is 423 g/mol. The summed E-state index contributed by atoms with van der Waals surface area (Å²) in [4.78, 5) is 51.3. The highest BCUT2D eigenvalue weighted by atomic mass is 16.5. The molecule has 2 aromatic carbocycles. The number of aryl methyl sites for hydroxylation is 3. The molecule has 0 N–H and O–H groups in total. The van der Waals surface area contributed by atoms with E-state index in [4.69, 9.17) is 9.47 Å². The number of Topliss-reactive ketones (excluding diaryl/α,β-unsaturated/α-hetero) is 1. The van der Waals surface area contributed by atoms with Crippen molar-refractivity contribution in [3.8, 4) is 0 Å². The number of hydrogen-bond acceptors (Lipinski definition) is 6. The highest BCUT2D eigenvalue weighted by Gasteiger charge is 2.35. The van der Waals surface area contributed by atoms with Gasteiger partial charge in [-0.25, -0.2) is 4.79 Å². The summed E-state index contributed by atoms with van der Waals surface area (Å²) in [6.45, 7) is 5.90. The van der Waals surface area contributed by atoms with Gasteiger partial charge in [-0.3, -0.25) is 19.3 Å². The van der Waals surface area contributed by atoms with Crippen LogP contribution in [0.15, 0.2) is 30.3 Å². The normalized spacial score (nSPS) is 12.8. The Morgan fingerprint density at radius 3 is 2.23 bits per heavy atom. The Morgan fingerprint density at radius 2 is 1.58 bits per heavy atom. The second kappa shape index (κ2) is 9.22. The molecule has 2 amide bonds. The maximum Gasteiger partial charge on any atom is 0.338 e. The van der Waals surface area contributed by atoms with Crippen LogP contribution in [-0.4, -0.2) is 55.3 Å². The van der Waals surface area contributed by atoms with E-state index in [2.05, 4.69) is 0 Å². The number of fused-ring (bicyclic) bond motifs is 1. The van der Waals surface area contributed by atoms with E-state index in [1.807, 2.05) is 32.9 Å². The zero-order chi connectivity index (χ0) is 22.7.